The number of thioether (sulfide) groups is 1. The van der Waals surface area contributed by atoms with E-state index in [1.807, 2.05) is 18.2 Å². The van der Waals surface area contributed by atoms with Crippen LogP contribution < -0.4 is 4.74 Å². The fourth-order valence-corrected chi connectivity index (χ4v) is 4.87. The van der Waals surface area contributed by atoms with E-state index in [-0.39, 0.29) is 0 Å². The molecular formula is C27H24N2OS. The van der Waals surface area contributed by atoms with Crippen LogP contribution in [0.4, 0.5) is 0 Å². The van der Waals surface area contributed by atoms with E-state index in [1.54, 1.807) is 11.8 Å². The van der Waals surface area contributed by atoms with Gasteiger partial charge in [0.15, 0.2) is 5.16 Å². The third-order valence-electron chi connectivity index (χ3n) is 5.46. The highest BCUT2D eigenvalue weighted by molar-refractivity contribution is 7.98. The van der Waals surface area contributed by atoms with Crippen molar-refractivity contribution in [3.8, 4) is 5.75 Å². The van der Waals surface area contributed by atoms with E-state index in [1.165, 1.54) is 21.9 Å². The number of para-hydroxylation sites is 2. The summed E-state index contributed by atoms with van der Waals surface area (Å²) in [7, 11) is 0. The van der Waals surface area contributed by atoms with Gasteiger partial charge in [0.1, 0.15) is 12.4 Å². The normalized spacial score (nSPS) is 11.3. The van der Waals surface area contributed by atoms with Crippen LogP contribution in [0.5, 0.6) is 5.75 Å². The molecule has 0 N–H and O–H groups in total. The van der Waals surface area contributed by atoms with Crippen LogP contribution in [0.2, 0.25) is 0 Å². The number of aromatic nitrogens is 2. The quantitative estimate of drug-likeness (QED) is 0.267. The molecule has 1 aromatic heterocycles. The lowest BCUT2D eigenvalue weighted by Crippen LogP contribution is -2.09. The number of fused-ring (bicyclic) bond motifs is 2. The molecule has 4 heteroatoms. The van der Waals surface area contributed by atoms with Gasteiger partial charge in [-0.25, -0.2) is 4.98 Å². The average Bonchev–Trinajstić information content (AvgIpc) is 3.16. The second-order valence-corrected chi connectivity index (χ2v) is 8.57. The molecule has 0 atom stereocenters. The minimum absolute atomic E-state index is 0.602. The lowest BCUT2D eigenvalue weighted by Gasteiger charge is -2.11. The zero-order valence-electron chi connectivity index (χ0n) is 17.5. The summed E-state index contributed by atoms with van der Waals surface area (Å²) in [6, 6.07) is 31.6. The van der Waals surface area contributed by atoms with Crippen molar-refractivity contribution in [3.05, 3.63) is 102 Å². The number of imidazole rings is 1. The molecule has 0 unspecified atom stereocenters. The highest BCUT2D eigenvalue weighted by atomic mass is 32.2. The van der Waals surface area contributed by atoms with E-state index in [2.05, 4.69) is 84.3 Å². The van der Waals surface area contributed by atoms with E-state index in [0.717, 1.165) is 34.2 Å². The molecule has 0 aliphatic rings. The molecule has 0 aliphatic heterocycles. The Morgan fingerprint density at radius 1 is 0.839 bits per heavy atom. The molecule has 0 amide bonds. The molecule has 154 valence electrons. The zero-order valence-corrected chi connectivity index (χ0v) is 18.3. The summed E-state index contributed by atoms with van der Waals surface area (Å²) in [6.45, 7) is 3.44. The van der Waals surface area contributed by atoms with Crippen molar-refractivity contribution >= 4 is 33.6 Å². The van der Waals surface area contributed by atoms with Crippen molar-refractivity contribution in [1.82, 2.24) is 9.55 Å². The molecule has 1 heterocycles. The molecule has 31 heavy (non-hydrogen) atoms. The Bertz CT molecular complexity index is 1320. The first-order valence-electron chi connectivity index (χ1n) is 10.5. The molecular weight excluding hydrogens is 400 g/mol. The van der Waals surface area contributed by atoms with Gasteiger partial charge in [-0.15, -0.1) is 0 Å². The maximum Gasteiger partial charge on any atom is 0.169 e. The Labute approximate surface area is 186 Å². The summed E-state index contributed by atoms with van der Waals surface area (Å²) in [6.07, 6.45) is 0. The van der Waals surface area contributed by atoms with Gasteiger partial charge in [-0.3, -0.25) is 0 Å². The van der Waals surface area contributed by atoms with Crippen LogP contribution in [-0.2, 0) is 12.3 Å². The third-order valence-corrected chi connectivity index (χ3v) is 6.49. The minimum Gasteiger partial charge on any atom is -0.492 e. The fourth-order valence-electron chi connectivity index (χ4n) is 3.83. The van der Waals surface area contributed by atoms with Gasteiger partial charge < -0.3 is 9.30 Å². The van der Waals surface area contributed by atoms with E-state index < -0.39 is 0 Å². The summed E-state index contributed by atoms with van der Waals surface area (Å²) < 4.78 is 8.28. The van der Waals surface area contributed by atoms with Gasteiger partial charge >= 0.3 is 0 Å². The van der Waals surface area contributed by atoms with Crippen LogP contribution >= 0.6 is 11.8 Å². The molecule has 0 spiro atoms. The molecule has 0 bridgehead atoms. The van der Waals surface area contributed by atoms with Crippen LogP contribution in [0.25, 0.3) is 21.8 Å². The van der Waals surface area contributed by atoms with Crippen molar-refractivity contribution in [2.75, 3.05) is 6.61 Å². The Balaban J connectivity index is 1.37. The van der Waals surface area contributed by atoms with E-state index >= 15 is 0 Å². The summed E-state index contributed by atoms with van der Waals surface area (Å²) in [5.74, 6) is 1.78. The number of benzene rings is 4. The summed E-state index contributed by atoms with van der Waals surface area (Å²) >= 11 is 1.79. The number of nitrogens with zero attached hydrogens (tertiary/aromatic N) is 2. The van der Waals surface area contributed by atoms with E-state index in [9.17, 15) is 0 Å². The van der Waals surface area contributed by atoms with Gasteiger partial charge in [0.25, 0.3) is 0 Å². The third kappa shape index (κ3) is 4.30. The summed E-state index contributed by atoms with van der Waals surface area (Å²) in [4.78, 5) is 4.92. The maximum absolute atomic E-state index is 6.00. The standard InChI is InChI=1S/C27H24N2OS/c1-20-13-15-23(16-14-20)30-18-17-29-26-12-5-4-11-25(26)28-27(29)31-19-22-9-6-8-21-7-2-3-10-24(21)22/h2-16H,17-19H2,1H3. The van der Waals surface area contributed by atoms with Crippen LogP contribution in [0.3, 0.4) is 0 Å². The predicted octanol–water partition coefficient (Wildman–Crippen LogP) is 6.87. The SMILES string of the molecule is Cc1ccc(OCCn2c(SCc3cccc4ccccc34)nc3ccccc32)cc1. The Morgan fingerprint density at radius 3 is 2.52 bits per heavy atom. The van der Waals surface area contributed by atoms with Gasteiger partial charge in [0.05, 0.1) is 17.6 Å². The average molecular weight is 425 g/mol. The first kappa shape index (κ1) is 19.7. The fraction of sp³-hybridized carbons (Fsp3) is 0.148. The smallest absolute Gasteiger partial charge is 0.169 e. The van der Waals surface area contributed by atoms with Crippen LogP contribution in [-0.4, -0.2) is 16.2 Å². The topological polar surface area (TPSA) is 27.1 Å². The molecule has 5 rings (SSSR count). The molecule has 0 saturated carbocycles. The van der Waals surface area contributed by atoms with Crippen LogP contribution in [0, 0.1) is 6.92 Å². The van der Waals surface area contributed by atoms with Crippen LogP contribution in [0.15, 0.2) is 96.2 Å². The summed E-state index contributed by atoms with van der Waals surface area (Å²) in [5.41, 5.74) is 4.74. The highest BCUT2D eigenvalue weighted by Crippen LogP contribution is 2.29. The molecule has 0 saturated heterocycles. The Kier molecular flexibility index (Phi) is 5.63. The van der Waals surface area contributed by atoms with Gasteiger partial charge in [-0.05, 0) is 47.5 Å². The second-order valence-electron chi connectivity index (χ2n) is 7.62. The molecule has 5 aromatic rings. The lowest BCUT2D eigenvalue weighted by molar-refractivity contribution is 0.295. The van der Waals surface area contributed by atoms with Crippen LogP contribution in [0.1, 0.15) is 11.1 Å². The number of rotatable bonds is 7. The van der Waals surface area contributed by atoms with E-state index in [4.69, 9.17) is 9.72 Å². The molecule has 3 nitrogen and oxygen atoms in total. The van der Waals surface area contributed by atoms with Crippen molar-refractivity contribution in [2.45, 2.75) is 24.4 Å². The number of hydrogen-bond donors (Lipinski definition) is 0. The van der Waals surface area contributed by atoms with Crippen molar-refractivity contribution in [1.29, 1.82) is 0 Å². The maximum atomic E-state index is 6.00. The van der Waals surface area contributed by atoms with Crippen molar-refractivity contribution < 1.29 is 4.74 Å². The van der Waals surface area contributed by atoms with E-state index in [0.29, 0.717) is 6.61 Å². The summed E-state index contributed by atoms with van der Waals surface area (Å²) in [5, 5.41) is 3.62. The number of aryl methyl sites for hydroxylation is 1. The zero-order chi connectivity index (χ0) is 21.0. The Hall–Kier alpha value is -3.24. The van der Waals surface area contributed by atoms with Gasteiger partial charge in [0, 0.05) is 5.75 Å². The first-order chi connectivity index (χ1) is 15.3. The van der Waals surface area contributed by atoms with Crippen molar-refractivity contribution in [3.63, 3.8) is 0 Å². The predicted molar refractivity (Wildman–Crippen MR) is 130 cm³/mol. The van der Waals surface area contributed by atoms with Gasteiger partial charge in [0.2, 0.25) is 0 Å². The Morgan fingerprint density at radius 2 is 1.61 bits per heavy atom. The lowest BCUT2D eigenvalue weighted by atomic mass is 10.1. The molecule has 0 fully saturated rings. The largest absolute Gasteiger partial charge is 0.492 e. The minimum atomic E-state index is 0.602. The first-order valence-corrected chi connectivity index (χ1v) is 11.5. The monoisotopic (exact) mass is 424 g/mol. The van der Waals surface area contributed by atoms with Crippen molar-refractivity contribution in [2.24, 2.45) is 0 Å². The second kappa shape index (κ2) is 8.86. The number of hydrogen-bond acceptors (Lipinski definition) is 3. The highest BCUT2D eigenvalue weighted by Gasteiger charge is 2.12. The molecule has 0 aliphatic carbocycles. The number of ether oxygens (including phenoxy) is 1. The van der Waals surface area contributed by atoms with Gasteiger partial charge in [-0.1, -0.05) is 84.1 Å². The van der Waals surface area contributed by atoms with Gasteiger partial charge in [-0.2, -0.15) is 0 Å². The molecule has 4 aromatic carbocycles. The molecule has 0 radical (unpaired) electrons.